The van der Waals surface area contributed by atoms with E-state index in [2.05, 4.69) is 20.2 Å². The second kappa shape index (κ2) is 6.81. The van der Waals surface area contributed by atoms with E-state index in [1.807, 2.05) is 0 Å². The molecular weight excluding hydrogens is 328 g/mol. The Morgan fingerprint density at radius 3 is 2.82 bits per heavy atom. The van der Waals surface area contributed by atoms with Crippen LogP contribution in [0.15, 0.2) is 28.6 Å². The van der Waals surface area contributed by atoms with E-state index in [1.165, 1.54) is 14.0 Å². The molecule has 2 aromatic rings. The lowest BCUT2D eigenvalue weighted by molar-refractivity contribution is -0.114. The molecule has 1 aromatic carbocycles. The molecule has 0 unspecified atom stereocenters. The van der Waals surface area contributed by atoms with Gasteiger partial charge in [-0.2, -0.15) is 0 Å². The molecule has 0 aliphatic heterocycles. The minimum absolute atomic E-state index is 0.0918. The minimum Gasteiger partial charge on any atom is -0.497 e. The maximum Gasteiger partial charge on any atom is 0.270 e. The van der Waals surface area contributed by atoms with Crippen LogP contribution < -0.4 is 14.8 Å². The summed E-state index contributed by atoms with van der Waals surface area (Å²) in [6.07, 6.45) is 0. The fraction of sp³-hybridized carbons (Fsp3) is 0.250. The number of rotatable bonds is 6. The lowest BCUT2D eigenvalue weighted by Crippen LogP contribution is -2.23. The van der Waals surface area contributed by atoms with E-state index in [0.717, 1.165) is 16.9 Å². The van der Waals surface area contributed by atoms with Crippen LogP contribution >= 0.6 is 11.3 Å². The van der Waals surface area contributed by atoms with E-state index in [0.29, 0.717) is 5.75 Å². The highest BCUT2D eigenvalue weighted by Crippen LogP contribution is 2.20. The maximum atomic E-state index is 12.1. The van der Waals surface area contributed by atoms with Crippen molar-refractivity contribution < 1.29 is 17.9 Å². The first-order valence-corrected chi connectivity index (χ1v) is 8.44. The van der Waals surface area contributed by atoms with Crippen LogP contribution in [0.5, 0.6) is 5.75 Å². The van der Waals surface area contributed by atoms with Gasteiger partial charge in [0.25, 0.3) is 10.0 Å². The fourth-order valence-corrected chi connectivity index (χ4v) is 3.55. The van der Waals surface area contributed by atoms with Crippen molar-refractivity contribution in [3.05, 3.63) is 29.8 Å². The topological polar surface area (TPSA) is 110 Å². The molecule has 0 fully saturated rings. The molecule has 10 heteroatoms. The number of ether oxygens (including phenoxy) is 1. The van der Waals surface area contributed by atoms with Crippen LogP contribution in [0, 0.1) is 0 Å². The number of sulfonamides is 1. The molecule has 1 heterocycles. The number of amides is 1. The van der Waals surface area contributed by atoms with E-state index < -0.39 is 10.0 Å². The second-order valence-electron chi connectivity index (χ2n) is 4.23. The molecule has 0 saturated carbocycles. The van der Waals surface area contributed by atoms with Crippen LogP contribution in [-0.2, 0) is 21.4 Å². The molecule has 1 amide bonds. The molecule has 1 aromatic heterocycles. The third kappa shape index (κ3) is 4.23. The monoisotopic (exact) mass is 342 g/mol. The van der Waals surface area contributed by atoms with Crippen LogP contribution in [0.25, 0.3) is 0 Å². The lowest BCUT2D eigenvalue weighted by Gasteiger charge is -2.05. The number of benzene rings is 1. The van der Waals surface area contributed by atoms with Gasteiger partial charge in [0.1, 0.15) is 5.75 Å². The predicted octanol–water partition coefficient (Wildman–Crippen LogP) is 0.984. The Morgan fingerprint density at radius 2 is 2.14 bits per heavy atom. The summed E-state index contributed by atoms with van der Waals surface area (Å²) in [7, 11) is -2.25. The molecule has 0 radical (unpaired) electrons. The van der Waals surface area contributed by atoms with Crippen LogP contribution in [-0.4, -0.2) is 31.6 Å². The number of methoxy groups -OCH3 is 1. The zero-order valence-corrected chi connectivity index (χ0v) is 13.5. The van der Waals surface area contributed by atoms with Gasteiger partial charge < -0.3 is 10.1 Å². The third-order valence-electron chi connectivity index (χ3n) is 2.52. The Balaban J connectivity index is 2.07. The number of aromatic nitrogens is 2. The standard InChI is InChI=1S/C12H14N4O4S2/c1-8(17)14-11-15-16-12(21-11)22(18,19)13-7-9-4-3-5-10(6-9)20-2/h3-6,13H,7H2,1-2H3,(H,14,15,17). The summed E-state index contributed by atoms with van der Waals surface area (Å²) in [6, 6.07) is 7.03. The lowest BCUT2D eigenvalue weighted by atomic mass is 10.2. The molecule has 0 bridgehead atoms. The van der Waals surface area contributed by atoms with Crippen molar-refractivity contribution in [1.82, 2.24) is 14.9 Å². The molecule has 2 N–H and O–H groups in total. The molecule has 0 spiro atoms. The molecule has 2 rings (SSSR count). The predicted molar refractivity (Wildman–Crippen MR) is 81.2 cm³/mol. The highest BCUT2D eigenvalue weighted by Gasteiger charge is 2.20. The number of hydrogen-bond acceptors (Lipinski definition) is 7. The second-order valence-corrected chi connectivity index (χ2v) is 7.15. The van der Waals surface area contributed by atoms with Crippen molar-refractivity contribution in [3.63, 3.8) is 0 Å². The highest BCUT2D eigenvalue weighted by molar-refractivity contribution is 7.91. The van der Waals surface area contributed by atoms with Gasteiger partial charge in [0.15, 0.2) is 0 Å². The van der Waals surface area contributed by atoms with Crippen LogP contribution in [0.4, 0.5) is 5.13 Å². The first-order valence-electron chi connectivity index (χ1n) is 6.14. The van der Waals surface area contributed by atoms with E-state index in [9.17, 15) is 13.2 Å². The van der Waals surface area contributed by atoms with E-state index in [4.69, 9.17) is 4.74 Å². The van der Waals surface area contributed by atoms with Gasteiger partial charge in [0.05, 0.1) is 7.11 Å². The molecule has 118 valence electrons. The zero-order valence-electron chi connectivity index (χ0n) is 11.9. The minimum atomic E-state index is -3.79. The summed E-state index contributed by atoms with van der Waals surface area (Å²) >= 11 is 0.782. The van der Waals surface area contributed by atoms with Crippen molar-refractivity contribution >= 4 is 32.4 Å². The Bertz CT molecular complexity index is 773. The number of nitrogens with zero attached hydrogens (tertiary/aromatic N) is 2. The van der Waals surface area contributed by atoms with Gasteiger partial charge in [0.2, 0.25) is 15.4 Å². The number of carbonyl (C=O) groups excluding carboxylic acids is 1. The van der Waals surface area contributed by atoms with E-state index >= 15 is 0 Å². The molecule has 8 nitrogen and oxygen atoms in total. The quantitative estimate of drug-likeness (QED) is 0.757. The van der Waals surface area contributed by atoms with Gasteiger partial charge in [0, 0.05) is 13.5 Å². The van der Waals surface area contributed by atoms with Crippen LogP contribution in [0.2, 0.25) is 0 Å². The SMILES string of the molecule is COc1cccc(CNS(=O)(=O)c2nnc(NC(C)=O)s2)c1. The summed E-state index contributed by atoms with van der Waals surface area (Å²) in [5, 5.41) is 9.68. The zero-order chi connectivity index (χ0) is 16.2. The Kier molecular flexibility index (Phi) is 5.06. The molecule has 0 atom stereocenters. The summed E-state index contributed by atoms with van der Waals surface area (Å²) in [5.74, 6) is 0.296. The van der Waals surface area contributed by atoms with Crippen molar-refractivity contribution in [2.75, 3.05) is 12.4 Å². The van der Waals surface area contributed by atoms with Crippen LogP contribution in [0.3, 0.4) is 0 Å². The number of carbonyl (C=O) groups is 1. The van der Waals surface area contributed by atoms with Crippen molar-refractivity contribution in [1.29, 1.82) is 0 Å². The Morgan fingerprint density at radius 1 is 1.36 bits per heavy atom. The first-order chi connectivity index (χ1) is 10.4. The average molecular weight is 342 g/mol. The van der Waals surface area contributed by atoms with E-state index in [-0.39, 0.29) is 21.9 Å². The fourth-order valence-electron chi connectivity index (χ4n) is 1.54. The largest absolute Gasteiger partial charge is 0.497 e. The summed E-state index contributed by atoms with van der Waals surface area (Å²) < 4.78 is 31.5. The third-order valence-corrected chi connectivity index (χ3v) is 5.13. The summed E-state index contributed by atoms with van der Waals surface area (Å²) in [6.45, 7) is 1.39. The molecule has 0 aliphatic rings. The van der Waals surface area contributed by atoms with Gasteiger partial charge in [-0.3, -0.25) is 4.79 Å². The number of anilines is 1. The number of nitrogens with one attached hydrogen (secondary N) is 2. The summed E-state index contributed by atoms with van der Waals surface area (Å²) in [5.41, 5.74) is 0.745. The van der Waals surface area contributed by atoms with Gasteiger partial charge in [-0.25, -0.2) is 13.1 Å². The number of hydrogen-bond donors (Lipinski definition) is 2. The van der Waals surface area contributed by atoms with Gasteiger partial charge in [-0.15, -0.1) is 10.2 Å². The van der Waals surface area contributed by atoms with Crippen molar-refractivity contribution in [2.24, 2.45) is 0 Å². The Hall–Kier alpha value is -2.04. The smallest absolute Gasteiger partial charge is 0.270 e. The van der Waals surface area contributed by atoms with Crippen molar-refractivity contribution in [2.45, 2.75) is 17.8 Å². The average Bonchev–Trinajstić information content (AvgIpc) is 2.94. The highest BCUT2D eigenvalue weighted by atomic mass is 32.2. The molecule has 22 heavy (non-hydrogen) atoms. The van der Waals surface area contributed by atoms with Crippen molar-refractivity contribution in [3.8, 4) is 5.75 Å². The van der Waals surface area contributed by atoms with Crippen LogP contribution in [0.1, 0.15) is 12.5 Å². The van der Waals surface area contributed by atoms with Gasteiger partial charge >= 0.3 is 0 Å². The van der Waals surface area contributed by atoms with Gasteiger partial charge in [-0.05, 0) is 17.7 Å². The first kappa shape index (κ1) is 16.3. The normalized spacial score (nSPS) is 11.2. The van der Waals surface area contributed by atoms with Gasteiger partial charge in [-0.1, -0.05) is 23.5 Å². The molecule has 0 saturated heterocycles. The Labute approximate surface area is 131 Å². The maximum absolute atomic E-state index is 12.1. The summed E-state index contributed by atoms with van der Waals surface area (Å²) in [4.78, 5) is 10.9. The molecule has 0 aliphatic carbocycles. The van der Waals surface area contributed by atoms with E-state index in [1.54, 1.807) is 24.3 Å². The molecular formula is C12H14N4O4S2.